The number of nitrogens with one attached hydrogen (secondary N) is 1. The summed E-state index contributed by atoms with van der Waals surface area (Å²) in [5, 5.41) is 7.78. The molecule has 1 aromatic heterocycles. The number of nitrogens with two attached hydrogens (primary N) is 1. The smallest absolute Gasteiger partial charge is 0.172 e. The minimum atomic E-state index is -0.313. The predicted octanol–water partition coefficient (Wildman–Crippen LogP) is 1.20. The van der Waals surface area contributed by atoms with Gasteiger partial charge in [-0.2, -0.15) is 5.10 Å². The molecule has 2 aliphatic rings. The lowest BCUT2D eigenvalue weighted by atomic mass is 9.79. The molecule has 0 aromatic carbocycles. The Kier molecular flexibility index (Phi) is 4.45. The van der Waals surface area contributed by atoms with Gasteiger partial charge < -0.3 is 16.0 Å². The molecule has 0 saturated carbocycles. The molecular formula is C17H27N7. The van der Waals surface area contributed by atoms with E-state index in [1.54, 1.807) is 6.20 Å². The zero-order valence-electron chi connectivity index (χ0n) is 14.9. The highest BCUT2D eigenvalue weighted by atomic mass is 15.4. The van der Waals surface area contributed by atoms with Crippen molar-refractivity contribution in [2.75, 3.05) is 13.1 Å². The maximum atomic E-state index is 6.10. The van der Waals surface area contributed by atoms with Crippen molar-refractivity contribution in [2.24, 2.45) is 28.7 Å². The zero-order valence-corrected chi connectivity index (χ0v) is 14.9. The van der Waals surface area contributed by atoms with E-state index in [0.29, 0.717) is 11.8 Å². The summed E-state index contributed by atoms with van der Waals surface area (Å²) < 4.78 is 1.84. The molecule has 3 unspecified atom stereocenters. The maximum absolute atomic E-state index is 6.10. The van der Waals surface area contributed by atoms with Gasteiger partial charge in [-0.05, 0) is 32.4 Å². The molecule has 1 aromatic rings. The van der Waals surface area contributed by atoms with Gasteiger partial charge in [0.25, 0.3) is 0 Å². The van der Waals surface area contributed by atoms with E-state index < -0.39 is 0 Å². The lowest BCUT2D eigenvalue weighted by Gasteiger charge is -2.40. The van der Waals surface area contributed by atoms with Crippen LogP contribution in [0.5, 0.6) is 0 Å². The second-order valence-corrected chi connectivity index (χ2v) is 6.75. The number of hydrogen-bond donors (Lipinski definition) is 2. The lowest BCUT2D eigenvalue weighted by Crippen LogP contribution is -2.50. The van der Waals surface area contributed by atoms with Crippen LogP contribution >= 0.6 is 0 Å². The quantitative estimate of drug-likeness (QED) is 0.768. The van der Waals surface area contributed by atoms with Crippen molar-refractivity contribution in [3.8, 4) is 0 Å². The summed E-state index contributed by atoms with van der Waals surface area (Å²) in [6.07, 6.45) is 8.77. The number of fused-ring (bicyclic) bond motifs is 1. The summed E-state index contributed by atoms with van der Waals surface area (Å²) in [5.41, 5.74) is 6.93. The normalized spacial score (nSPS) is 27.0. The summed E-state index contributed by atoms with van der Waals surface area (Å²) in [7, 11) is 1.94. The minimum Gasteiger partial charge on any atom is -0.381 e. The molecule has 0 saturated heterocycles. The number of nitrogens with zero attached hydrogens (tertiary/aromatic N) is 5. The average Bonchev–Trinajstić information content (AvgIpc) is 3.12. The maximum Gasteiger partial charge on any atom is 0.172 e. The molecule has 0 amide bonds. The molecule has 0 aliphatic carbocycles. The fourth-order valence-electron chi connectivity index (χ4n) is 3.67. The van der Waals surface area contributed by atoms with Crippen LogP contribution in [0, 0.1) is 5.92 Å². The Morgan fingerprint density at radius 2 is 2.25 bits per heavy atom. The highest BCUT2D eigenvalue weighted by Gasteiger charge is 2.51. The van der Waals surface area contributed by atoms with E-state index in [1.807, 2.05) is 24.1 Å². The van der Waals surface area contributed by atoms with Crippen LogP contribution in [0.15, 0.2) is 34.8 Å². The molecule has 3 rings (SSSR count). The fraction of sp³-hybridized carbons (Fsp3) is 0.588. The first-order chi connectivity index (χ1) is 11.5. The lowest BCUT2D eigenvalue weighted by molar-refractivity contribution is 0.193. The molecule has 0 fully saturated rings. The number of hydrogen-bond acceptors (Lipinski definition) is 6. The topological polar surface area (TPSA) is 83.8 Å². The molecule has 7 nitrogen and oxygen atoms in total. The molecule has 0 bridgehead atoms. The monoisotopic (exact) mass is 329 g/mol. The second-order valence-electron chi connectivity index (χ2n) is 6.75. The van der Waals surface area contributed by atoms with Crippen LogP contribution in [0.2, 0.25) is 0 Å². The summed E-state index contributed by atoms with van der Waals surface area (Å²) in [6, 6.07) is 0.0897. The summed E-state index contributed by atoms with van der Waals surface area (Å²) in [6.45, 7) is 8.58. The van der Waals surface area contributed by atoms with Gasteiger partial charge in [-0.25, -0.2) is 4.99 Å². The van der Waals surface area contributed by atoms with E-state index in [0.717, 1.165) is 30.9 Å². The number of rotatable bonds is 6. The second kappa shape index (κ2) is 6.39. The van der Waals surface area contributed by atoms with E-state index in [1.165, 1.54) is 0 Å². The molecule has 7 heteroatoms. The number of amidine groups is 2. The van der Waals surface area contributed by atoms with Gasteiger partial charge in [0, 0.05) is 31.2 Å². The predicted molar refractivity (Wildman–Crippen MR) is 96.7 cm³/mol. The van der Waals surface area contributed by atoms with Crippen molar-refractivity contribution < 1.29 is 0 Å². The van der Waals surface area contributed by atoms with Crippen LogP contribution in [-0.2, 0) is 12.6 Å². The zero-order chi connectivity index (χ0) is 17.3. The Hall–Kier alpha value is -2.15. The van der Waals surface area contributed by atoms with E-state index in [2.05, 4.69) is 47.3 Å². The Labute approximate surface area is 143 Å². The van der Waals surface area contributed by atoms with Crippen molar-refractivity contribution in [1.29, 1.82) is 0 Å². The Bertz CT molecular complexity index is 687. The largest absolute Gasteiger partial charge is 0.381 e. The van der Waals surface area contributed by atoms with Crippen molar-refractivity contribution in [2.45, 2.75) is 38.8 Å². The SMILES string of the molecule is CCNCCC(C)C1N=C2C(N)=NC=CN2C1(C)c1cnn(C)c1. The first-order valence-electron chi connectivity index (χ1n) is 8.55. The molecule has 24 heavy (non-hydrogen) atoms. The van der Waals surface area contributed by atoms with Crippen LogP contribution in [0.25, 0.3) is 0 Å². The number of aryl methyl sites for hydroxylation is 1. The standard InChI is InChI=1S/C17H27N7/c1-5-19-7-6-12(2)14-17(3,13-10-21-23(4)11-13)24-9-8-20-15(18)16(24)22-14/h8-12,14,19H,5-7H2,1-4H3,(H2,18,20). The first-order valence-corrected chi connectivity index (χ1v) is 8.55. The van der Waals surface area contributed by atoms with Crippen molar-refractivity contribution >= 4 is 11.7 Å². The molecule has 3 atom stereocenters. The van der Waals surface area contributed by atoms with Crippen molar-refractivity contribution in [3.63, 3.8) is 0 Å². The van der Waals surface area contributed by atoms with Gasteiger partial charge in [0.15, 0.2) is 11.7 Å². The van der Waals surface area contributed by atoms with Crippen molar-refractivity contribution in [3.05, 3.63) is 30.4 Å². The van der Waals surface area contributed by atoms with Gasteiger partial charge >= 0.3 is 0 Å². The van der Waals surface area contributed by atoms with Crippen molar-refractivity contribution in [1.82, 2.24) is 20.0 Å². The number of aromatic nitrogens is 2. The van der Waals surface area contributed by atoms with E-state index in [9.17, 15) is 0 Å². The summed E-state index contributed by atoms with van der Waals surface area (Å²) in [4.78, 5) is 11.3. The summed E-state index contributed by atoms with van der Waals surface area (Å²) >= 11 is 0. The van der Waals surface area contributed by atoms with Gasteiger partial charge in [0.1, 0.15) is 0 Å². The van der Waals surface area contributed by atoms with E-state index in [4.69, 9.17) is 10.7 Å². The third kappa shape index (κ3) is 2.62. The van der Waals surface area contributed by atoms with E-state index >= 15 is 0 Å². The van der Waals surface area contributed by atoms with Crippen LogP contribution in [0.4, 0.5) is 0 Å². The van der Waals surface area contributed by atoms with E-state index in [-0.39, 0.29) is 11.6 Å². The van der Waals surface area contributed by atoms with Crippen LogP contribution < -0.4 is 11.1 Å². The van der Waals surface area contributed by atoms with Gasteiger partial charge in [0.05, 0.1) is 17.8 Å². The molecule has 0 spiro atoms. The molecule has 2 aliphatic heterocycles. The van der Waals surface area contributed by atoms with Gasteiger partial charge in [-0.15, -0.1) is 0 Å². The highest BCUT2D eigenvalue weighted by Crippen LogP contribution is 2.43. The van der Waals surface area contributed by atoms with Gasteiger partial charge in [-0.3, -0.25) is 9.67 Å². The number of aliphatic imine (C=N–C) groups is 2. The molecular weight excluding hydrogens is 302 g/mol. The van der Waals surface area contributed by atoms with Gasteiger partial charge in [-0.1, -0.05) is 13.8 Å². The minimum absolute atomic E-state index is 0.0897. The van der Waals surface area contributed by atoms with Crippen LogP contribution in [0.1, 0.15) is 32.8 Å². The molecule has 0 radical (unpaired) electrons. The summed E-state index contributed by atoms with van der Waals surface area (Å²) in [5.74, 6) is 1.65. The third-order valence-corrected chi connectivity index (χ3v) is 5.08. The van der Waals surface area contributed by atoms with Crippen LogP contribution in [-0.4, -0.2) is 45.5 Å². The first kappa shape index (κ1) is 16.7. The average molecular weight is 329 g/mol. The Balaban J connectivity index is 1.97. The van der Waals surface area contributed by atoms with Crippen LogP contribution in [0.3, 0.4) is 0 Å². The molecule has 3 heterocycles. The fourth-order valence-corrected chi connectivity index (χ4v) is 3.67. The Morgan fingerprint density at radius 1 is 1.46 bits per heavy atom. The highest BCUT2D eigenvalue weighted by molar-refractivity contribution is 6.41. The Morgan fingerprint density at radius 3 is 2.92 bits per heavy atom. The molecule has 130 valence electrons. The van der Waals surface area contributed by atoms with Gasteiger partial charge in [0.2, 0.25) is 0 Å². The molecule has 3 N–H and O–H groups in total. The third-order valence-electron chi connectivity index (χ3n) is 5.08.